The zero-order valence-corrected chi connectivity index (χ0v) is 16.3. The SMILES string of the molecule is CN(C)CC(=O)Nc1ccc(NC(=O)C[C@@H]2CCC[C@H]2N)cc1.Cl.Cl. The number of carbonyl (C=O) groups is 2. The molecule has 1 aliphatic rings. The molecular formula is C17H28Cl2N4O2. The molecule has 1 saturated carbocycles. The number of likely N-dealkylation sites (N-methyl/N-ethyl adjacent to an activating group) is 1. The van der Waals surface area contributed by atoms with Crippen molar-refractivity contribution in [2.24, 2.45) is 11.7 Å². The Morgan fingerprint density at radius 3 is 2.00 bits per heavy atom. The molecule has 0 aromatic heterocycles. The first kappa shape index (κ1) is 23.7. The van der Waals surface area contributed by atoms with Crippen LogP contribution in [-0.2, 0) is 9.59 Å². The Hall–Kier alpha value is -1.34. The summed E-state index contributed by atoms with van der Waals surface area (Å²) >= 11 is 0. The summed E-state index contributed by atoms with van der Waals surface area (Å²) in [5.74, 6) is 0.221. The summed E-state index contributed by atoms with van der Waals surface area (Å²) in [7, 11) is 3.68. The van der Waals surface area contributed by atoms with Crippen molar-refractivity contribution < 1.29 is 9.59 Å². The summed E-state index contributed by atoms with van der Waals surface area (Å²) < 4.78 is 0. The number of nitrogens with one attached hydrogen (secondary N) is 2. The second kappa shape index (κ2) is 11.3. The van der Waals surface area contributed by atoms with Gasteiger partial charge < -0.3 is 21.3 Å². The average molecular weight is 391 g/mol. The first-order valence-corrected chi connectivity index (χ1v) is 8.04. The fraction of sp³-hybridized carbons (Fsp3) is 0.529. The van der Waals surface area contributed by atoms with Crippen molar-refractivity contribution in [3.05, 3.63) is 24.3 Å². The minimum Gasteiger partial charge on any atom is -0.327 e. The minimum absolute atomic E-state index is 0. The standard InChI is InChI=1S/C17H26N4O2.2ClH/c1-21(2)11-17(23)20-14-8-6-13(7-9-14)19-16(22)10-12-4-3-5-15(12)18;;/h6-9,12,15H,3-5,10-11,18H2,1-2H3,(H,19,22)(H,20,23);2*1H/t12-,15+;;/m0../s1. The number of rotatable bonds is 6. The Labute approximate surface area is 161 Å². The van der Waals surface area contributed by atoms with Crippen molar-refractivity contribution in [2.45, 2.75) is 31.7 Å². The molecule has 1 aromatic rings. The second-order valence-electron chi connectivity index (χ2n) is 6.47. The van der Waals surface area contributed by atoms with E-state index in [4.69, 9.17) is 5.73 Å². The van der Waals surface area contributed by atoms with E-state index in [1.807, 2.05) is 14.1 Å². The van der Waals surface area contributed by atoms with Gasteiger partial charge in [-0.05, 0) is 57.1 Å². The Bertz CT molecular complexity index is 552. The molecule has 0 spiro atoms. The van der Waals surface area contributed by atoms with Gasteiger partial charge in [0.05, 0.1) is 6.54 Å². The summed E-state index contributed by atoms with van der Waals surface area (Å²) in [5.41, 5.74) is 7.44. The third-order valence-corrected chi connectivity index (χ3v) is 4.08. The van der Waals surface area contributed by atoms with Gasteiger partial charge in [-0.2, -0.15) is 0 Å². The molecular weight excluding hydrogens is 363 g/mol. The zero-order valence-electron chi connectivity index (χ0n) is 14.7. The summed E-state index contributed by atoms with van der Waals surface area (Å²) in [6.07, 6.45) is 3.63. The van der Waals surface area contributed by atoms with Gasteiger partial charge >= 0.3 is 0 Å². The van der Waals surface area contributed by atoms with Crippen LogP contribution in [-0.4, -0.2) is 43.4 Å². The van der Waals surface area contributed by atoms with Gasteiger partial charge in [-0.25, -0.2) is 0 Å². The van der Waals surface area contributed by atoms with E-state index in [1.54, 1.807) is 29.2 Å². The van der Waals surface area contributed by atoms with Gasteiger partial charge in [0, 0.05) is 23.8 Å². The van der Waals surface area contributed by atoms with E-state index in [9.17, 15) is 9.59 Å². The van der Waals surface area contributed by atoms with Gasteiger partial charge in [0.25, 0.3) is 0 Å². The van der Waals surface area contributed by atoms with Gasteiger partial charge in [-0.15, -0.1) is 24.8 Å². The van der Waals surface area contributed by atoms with Gasteiger partial charge in [-0.1, -0.05) is 6.42 Å². The highest BCUT2D eigenvalue weighted by Crippen LogP contribution is 2.27. The van der Waals surface area contributed by atoms with Crippen molar-refractivity contribution in [1.82, 2.24) is 4.90 Å². The molecule has 0 saturated heterocycles. The number of hydrogen-bond donors (Lipinski definition) is 3. The van der Waals surface area contributed by atoms with Gasteiger partial charge in [0.1, 0.15) is 0 Å². The lowest BCUT2D eigenvalue weighted by atomic mass is 10.00. The molecule has 0 unspecified atom stereocenters. The first-order valence-electron chi connectivity index (χ1n) is 8.04. The number of benzene rings is 1. The summed E-state index contributed by atoms with van der Waals surface area (Å²) in [6.45, 7) is 0.333. The first-order chi connectivity index (χ1) is 10.9. The van der Waals surface area contributed by atoms with E-state index in [2.05, 4.69) is 10.6 Å². The maximum atomic E-state index is 12.1. The molecule has 0 heterocycles. The fourth-order valence-corrected chi connectivity index (χ4v) is 2.89. The second-order valence-corrected chi connectivity index (χ2v) is 6.47. The Kier molecular flexibility index (Phi) is 10.7. The summed E-state index contributed by atoms with van der Waals surface area (Å²) in [4.78, 5) is 25.5. The van der Waals surface area contributed by atoms with E-state index >= 15 is 0 Å². The van der Waals surface area contributed by atoms with E-state index in [0.29, 0.717) is 24.6 Å². The van der Waals surface area contributed by atoms with Crippen LogP contribution in [0.1, 0.15) is 25.7 Å². The largest absolute Gasteiger partial charge is 0.327 e. The molecule has 2 rings (SSSR count). The van der Waals surface area contributed by atoms with Crippen molar-refractivity contribution in [3.8, 4) is 0 Å². The molecule has 0 bridgehead atoms. The van der Waals surface area contributed by atoms with Crippen molar-refractivity contribution in [1.29, 1.82) is 0 Å². The number of nitrogens with two attached hydrogens (primary N) is 1. The van der Waals surface area contributed by atoms with Crippen LogP contribution in [0.2, 0.25) is 0 Å². The van der Waals surface area contributed by atoms with Crippen molar-refractivity contribution in [3.63, 3.8) is 0 Å². The Balaban J connectivity index is 0.00000288. The maximum absolute atomic E-state index is 12.1. The topological polar surface area (TPSA) is 87.5 Å². The van der Waals surface area contributed by atoms with Crippen molar-refractivity contribution >= 4 is 48.0 Å². The normalized spacial score (nSPS) is 18.9. The predicted molar refractivity (Wildman–Crippen MR) is 107 cm³/mol. The molecule has 2 amide bonds. The summed E-state index contributed by atoms with van der Waals surface area (Å²) in [6, 6.07) is 7.29. The minimum atomic E-state index is -0.0676. The zero-order chi connectivity index (χ0) is 16.8. The van der Waals surface area contributed by atoms with E-state index < -0.39 is 0 Å². The van der Waals surface area contributed by atoms with E-state index in [1.165, 1.54) is 0 Å². The van der Waals surface area contributed by atoms with Crippen LogP contribution < -0.4 is 16.4 Å². The molecule has 1 aromatic carbocycles. The third kappa shape index (κ3) is 8.05. The Morgan fingerprint density at radius 1 is 1.04 bits per heavy atom. The predicted octanol–water partition coefficient (Wildman–Crippen LogP) is 2.49. The van der Waals surface area contributed by atoms with Crippen LogP contribution >= 0.6 is 24.8 Å². The van der Waals surface area contributed by atoms with Crippen LogP contribution in [0, 0.1) is 5.92 Å². The van der Waals surface area contributed by atoms with Crippen LogP contribution in [0.3, 0.4) is 0 Å². The molecule has 1 aliphatic carbocycles. The number of halogens is 2. The smallest absolute Gasteiger partial charge is 0.238 e. The number of amides is 2. The quantitative estimate of drug-likeness (QED) is 0.695. The molecule has 2 atom stereocenters. The number of hydrogen-bond acceptors (Lipinski definition) is 4. The molecule has 0 radical (unpaired) electrons. The lowest BCUT2D eigenvalue weighted by Gasteiger charge is -2.15. The molecule has 142 valence electrons. The fourth-order valence-electron chi connectivity index (χ4n) is 2.89. The number of anilines is 2. The highest BCUT2D eigenvalue weighted by molar-refractivity contribution is 5.93. The van der Waals surface area contributed by atoms with Crippen molar-refractivity contribution in [2.75, 3.05) is 31.3 Å². The van der Waals surface area contributed by atoms with Gasteiger partial charge in [0.15, 0.2) is 0 Å². The lowest BCUT2D eigenvalue weighted by Crippen LogP contribution is -2.28. The Morgan fingerprint density at radius 2 is 1.56 bits per heavy atom. The lowest BCUT2D eigenvalue weighted by molar-refractivity contribution is -0.117. The highest BCUT2D eigenvalue weighted by Gasteiger charge is 2.25. The molecule has 6 nitrogen and oxygen atoms in total. The third-order valence-electron chi connectivity index (χ3n) is 4.08. The van der Waals surface area contributed by atoms with Crippen LogP contribution in [0.15, 0.2) is 24.3 Å². The monoisotopic (exact) mass is 390 g/mol. The maximum Gasteiger partial charge on any atom is 0.238 e. The van der Waals surface area contributed by atoms with Gasteiger partial charge in [-0.3, -0.25) is 9.59 Å². The molecule has 8 heteroatoms. The molecule has 0 aliphatic heterocycles. The van der Waals surface area contributed by atoms with Crippen LogP contribution in [0.25, 0.3) is 0 Å². The van der Waals surface area contributed by atoms with E-state index in [-0.39, 0.29) is 42.7 Å². The molecule has 1 fully saturated rings. The molecule has 25 heavy (non-hydrogen) atoms. The highest BCUT2D eigenvalue weighted by atomic mass is 35.5. The van der Waals surface area contributed by atoms with E-state index in [0.717, 1.165) is 24.9 Å². The summed E-state index contributed by atoms with van der Waals surface area (Å²) in [5, 5.41) is 5.70. The average Bonchev–Trinajstić information content (AvgIpc) is 2.85. The van der Waals surface area contributed by atoms with Crippen LogP contribution in [0.4, 0.5) is 11.4 Å². The number of nitrogens with zero attached hydrogens (tertiary/aromatic N) is 1. The number of carbonyl (C=O) groups excluding carboxylic acids is 2. The van der Waals surface area contributed by atoms with Crippen LogP contribution in [0.5, 0.6) is 0 Å². The van der Waals surface area contributed by atoms with Gasteiger partial charge in [0.2, 0.25) is 11.8 Å². The molecule has 4 N–H and O–H groups in total.